The highest BCUT2D eigenvalue weighted by atomic mass is 32.1. The number of anilines is 1. The third-order valence-electron chi connectivity index (χ3n) is 5.23. The number of ether oxygens (including phenoxy) is 1. The molecule has 1 aliphatic carbocycles. The van der Waals surface area contributed by atoms with E-state index in [0.717, 1.165) is 35.1 Å². The molecule has 0 spiro atoms. The summed E-state index contributed by atoms with van der Waals surface area (Å²) in [6.07, 6.45) is 4.47. The van der Waals surface area contributed by atoms with E-state index in [9.17, 15) is 4.79 Å². The van der Waals surface area contributed by atoms with Crippen LogP contribution in [0.4, 0.5) is 5.13 Å². The number of para-hydroxylation sites is 1. The van der Waals surface area contributed by atoms with Crippen LogP contribution in [0, 0.1) is 0 Å². The summed E-state index contributed by atoms with van der Waals surface area (Å²) in [5.41, 5.74) is 3.55. The maximum Gasteiger partial charge on any atom is 0.257 e. The summed E-state index contributed by atoms with van der Waals surface area (Å²) in [5.74, 6) is 0.551. The molecule has 5 rings (SSSR count). The maximum absolute atomic E-state index is 12.5. The molecule has 2 aromatic heterocycles. The summed E-state index contributed by atoms with van der Waals surface area (Å²) in [7, 11) is 0. The fourth-order valence-electron chi connectivity index (χ4n) is 3.62. The van der Waals surface area contributed by atoms with Crippen LogP contribution in [0.3, 0.4) is 0 Å². The van der Waals surface area contributed by atoms with Gasteiger partial charge < -0.3 is 4.74 Å². The van der Waals surface area contributed by atoms with Crippen molar-refractivity contribution >= 4 is 33.3 Å². The summed E-state index contributed by atoms with van der Waals surface area (Å²) in [6.45, 7) is 0.376. The zero-order valence-corrected chi connectivity index (χ0v) is 17.2. The minimum atomic E-state index is -0.149. The first kappa shape index (κ1) is 18.8. The van der Waals surface area contributed by atoms with Gasteiger partial charge in [-0.3, -0.25) is 10.1 Å². The number of nitrogens with one attached hydrogen (secondary N) is 1. The molecular weight excluding hydrogens is 394 g/mol. The number of hydrogen-bond donors (Lipinski definition) is 1. The zero-order chi connectivity index (χ0) is 20.3. The van der Waals surface area contributed by atoms with E-state index >= 15 is 0 Å². The van der Waals surface area contributed by atoms with Crippen molar-refractivity contribution in [3.8, 4) is 5.75 Å². The second kappa shape index (κ2) is 8.24. The fourth-order valence-corrected chi connectivity index (χ4v) is 4.67. The molecule has 150 valence electrons. The molecule has 0 fully saturated rings. The van der Waals surface area contributed by atoms with Crippen LogP contribution in [-0.4, -0.2) is 15.9 Å². The Hall–Kier alpha value is -3.25. The van der Waals surface area contributed by atoms with Crippen LogP contribution < -0.4 is 10.1 Å². The molecule has 0 saturated carbocycles. The van der Waals surface area contributed by atoms with E-state index < -0.39 is 0 Å². The van der Waals surface area contributed by atoms with Crippen LogP contribution in [0.5, 0.6) is 5.75 Å². The average Bonchev–Trinajstić information content (AvgIpc) is 3.20. The maximum atomic E-state index is 12.5. The summed E-state index contributed by atoms with van der Waals surface area (Å²) >= 11 is 1.59. The SMILES string of the molecule is O=C(Nc1nc2c(s1)CCCC2)c1ccc(OCc2ccc3ccccc3n2)cc1. The lowest BCUT2D eigenvalue weighted by Crippen LogP contribution is -2.11. The summed E-state index contributed by atoms with van der Waals surface area (Å²) in [6, 6.07) is 19.2. The van der Waals surface area contributed by atoms with E-state index in [0.29, 0.717) is 23.1 Å². The number of amides is 1. The molecule has 0 radical (unpaired) electrons. The lowest BCUT2D eigenvalue weighted by Gasteiger charge is -2.08. The number of rotatable bonds is 5. The van der Waals surface area contributed by atoms with E-state index in [1.807, 2.05) is 48.5 Å². The van der Waals surface area contributed by atoms with Crippen LogP contribution >= 0.6 is 11.3 Å². The first-order valence-corrected chi connectivity index (χ1v) is 10.9. The van der Waals surface area contributed by atoms with E-state index in [4.69, 9.17) is 4.74 Å². The highest BCUT2D eigenvalue weighted by Gasteiger charge is 2.17. The molecule has 0 aliphatic heterocycles. The van der Waals surface area contributed by atoms with Crippen LogP contribution in [0.15, 0.2) is 60.7 Å². The number of nitrogens with zero attached hydrogens (tertiary/aromatic N) is 2. The first-order chi connectivity index (χ1) is 14.7. The van der Waals surface area contributed by atoms with E-state index in [1.54, 1.807) is 23.5 Å². The van der Waals surface area contributed by atoms with Gasteiger partial charge in [0.05, 0.1) is 16.9 Å². The molecule has 2 aromatic carbocycles. The van der Waals surface area contributed by atoms with Gasteiger partial charge in [-0.1, -0.05) is 24.3 Å². The van der Waals surface area contributed by atoms with Crippen molar-refractivity contribution in [3.63, 3.8) is 0 Å². The van der Waals surface area contributed by atoms with Gasteiger partial charge in [-0.2, -0.15) is 0 Å². The summed E-state index contributed by atoms with van der Waals surface area (Å²) in [5, 5.41) is 4.73. The molecular formula is C24H21N3O2S. The predicted molar refractivity (Wildman–Crippen MR) is 119 cm³/mol. The van der Waals surface area contributed by atoms with Gasteiger partial charge in [-0.25, -0.2) is 9.97 Å². The quantitative estimate of drug-likeness (QED) is 0.474. The van der Waals surface area contributed by atoms with E-state index in [2.05, 4.69) is 15.3 Å². The van der Waals surface area contributed by atoms with Crippen molar-refractivity contribution in [1.82, 2.24) is 9.97 Å². The number of aromatic nitrogens is 2. The van der Waals surface area contributed by atoms with Crippen LogP contribution in [-0.2, 0) is 19.4 Å². The third kappa shape index (κ3) is 4.04. The van der Waals surface area contributed by atoms with Crippen molar-refractivity contribution in [2.45, 2.75) is 32.3 Å². The van der Waals surface area contributed by atoms with Gasteiger partial charge in [0, 0.05) is 15.8 Å². The van der Waals surface area contributed by atoms with Crippen molar-refractivity contribution in [2.75, 3.05) is 5.32 Å². The largest absolute Gasteiger partial charge is 0.487 e. The van der Waals surface area contributed by atoms with Gasteiger partial charge in [0.2, 0.25) is 0 Å². The Kier molecular flexibility index (Phi) is 5.15. The standard InChI is InChI=1S/C24H21N3O2S/c28-23(27-24-26-21-7-3-4-8-22(21)30-24)17-10-13-19(14-11-17)29-15-18-12-9-16-5-1-2-6-20(16)25-18/h1-2,5-6,9-14H,3-4,7-8,15H2,(H,26,27,28). The minimum Gasteiger partial charge on any atom is -0.487 e. The normalized spacial score (nSPS) is 13.1. The summed E-state index contributed by atoms with van der Waals surface area (Å²) in [4.78, 5) is 23.0. The smallest absolute Gasteiger partial charge is 0.257 e. The second-order valence-electron chi connectivity index (χ2n) is 7.36. The molecule has 30 heavy (non-hydrogen) atoms. The van der Waals surface area contributed by atoms with Gasteiger partial charge in [0.15, 0.2) is 5.13 Å². The lowest BCUT2D eigenvalue weighted by molar-refractivity contribution is 0.102. The number of thiazole rings is 1. The number of benzene rings is 2. The third-order valence-corrected chi connectivity index (χ3v) is 6.30. The van der Waals surface area contributed by atoms with Gasteiger partial charge in [0.25, 0.3) is 5.91 Å². The molecule has 6 heteroatoms. The van der Waals surface area contributed by atoms with Gasteiger partial charge in [-0.15, -0.1) is 11.3 Å². The first-order valence-electron chi connectivity index (χ1n) is 10.1. The molecule has 4 aromatic rings. The van der Waals surface area contributed by atoms with Gasteiger partial charge in [-0.05, 0) is 62.1 Å². The number of hydrogen-bond acceptors (Lipinski definition) is 5. The van der Waals surface area contributed by atoms with E-state index in [-0.39, 0.29) is 5.91 Å². The number of aryl methyl sites for hydroxylation is 2. The lowest BCUT2D eigenvalue weighted by atomic mass is 10.0. The molecule has 1 N–H and O–H groups in total. The topological polar surface area (TPSA) is 64.1 Å². The van der Waals surface area contributed by atoms with Crippen molar-refractivity contribution < 1.29 is 9.53 Å². The van der Waals surface area contributed by atoms with Crippen LogP contribution in [0.1, 0.15) is 39.5 Å². The molecule has 2 heterocycles. The Bertz CT molecular complexity index is 1180. The Morgan fingerprint density at radius 1 is 0.967 bits per heavy atom. The van der Waals surface area contributed by atoms with Crippen molar-refractivity contribution in [1.29, 1.82) is 0 Å². The Labute approximate surface area is 178 Å². The van der Waals surface area contributed by atoms with Crippen molar-refractivity contribution in [2.24, 2.45) is 0 Å². The fraction of sp³-hybridized carbons (Fsp3) is 0.208. The van der Waals surface area contributed by atoms with Crippen LogP contribution in [0.25, 0.3) is 10.9 Å². The predicted octanol–water partition coefficient (Wildman–Crippen LogP) is 5.40. The van der Waals surface area contributed by atoms with E-state index in [1.165, 1.54) is 17.7 Å². The highest BCUT2D eigenvalue weighted by molar-refractivity contribution is 7.15. The Balaban J connectivity index is 1.21. The number of fused-ring (bicyclic) bond motifs is 2. The molecule has 1 aliphatic rings. The zero-order valence-electron chi connectivity index (χ0n) is 16.4. The second-order valence-corrected chi connectivity index (χ2v) is 8.44. The molecule has 0 bridgehead atoms. The highest BCUT2D eigenvalue weighted by Crippen LogP contribution is 2.29. The Morgan fingerprint density at radius 2 is 1.80 bits per heavy atom. The monoisotopic (exact) mass is 415 g/mol. The molecule has 1 amide bonds. The number of pyridine rings is 1. The Morgan fingerprint density at radius 3 is 2.67 bits per heavy atom. The molecule has 0 saturated heterocycles. The minimum absolute atomic E-state index is 0.149. The number of carbonyl (C=O) groups excluding carboxylic acids is 1. The summed E-state index contributed by atoms with van der Waals surface area (Å²) < 4.78 is 5.84. The average molecular weight is 416 g/mol. The van der Waals surface area contributed by atoms with Gasteiger partial charge in [0.1, 0.15) is 12.4 Å². The molecule has 0 unspecified atom stereocenters. The van der Waals surface area contributed by atoms with Crippen molar-refractivity contribution in [3.05, 3.63) is 82.5 Å². The number of carbonyl (C=O) groups is 1. The molecule has 0 atom stereocenters. The molecule has 5 nitrogen and oxygen atoms in total. The van der Waals surface area contributed by atoms with Gasteiger partial charge >= 0.3 is 0 Å². The van der Waals surface area contributed by atoms with Crippen LogP contribution in [0.2, 0.25) is 0 Å².